The molecule has 0 atom stereocenters. The van der Waals surface area contributed by atoms with Crippen LogP contribution in [0.3, 0.4) is 0 Å². The Bertz CT molecular complexity index is 1100. The molecule has 4 rings (SSSR count). The average molecular weight is 426 g/mol. The van der Waals surface area contributed by atoms with Crippen LogP contribution in [0.15, 0.2) is 58.2 Å². The summed E-state index contributed by atoms with van der Waals surface area (Å²) in [5, 5.41) is 14.3. The van der Waals surface area contributed by atoms with E-state index in [1.54, 1.807) is 0 Å². The first kappa shape index (κ1) is 19.7. The van der Waals surface area contributed by atoms with Gasteiger partial charge in [-0.1, -0.05) is 60.1 Å². The molecule has 0 saturated heterocycles. The number of aryl methyl sites for hydroxylation is 1. The average Bonchev–Trinajstić information content (AvgIpc) is 3.35. The fourth-order valence-electron chi connectivity index (χ4n) is 2.76. The molecular formula is C21H20ClN5OS. The van der Waals surface area contributed by atoms with Crippen molar-refractivity contribution in [3.8, 4) is 17.1 Å². The molecule has 0 aliphatic rings. The van der Waals surface area contributed by atoms with Gasteiger partial charge in [0, 0.05) is 22.2 Å². The largest absolute Gasteiger partial charge is 0.338 e. The van der Waals surface area contributed by atoms with Crippen LogP contribution < -0.4 is 0 Å². The molecule has 0 N–H and O–H groups in total. The smallest absolute Gasteiger partial charge is 0.237 e. The van der Waals surface area contributed by atoms with Crippen LogP contribution in [-0.4, -0.2) is 24.9 Å². The molecule has 2 aromatic carbocycles. The minimum Gasteiger partial charge on any atom is -0.338 e. The number of nitrogens with zero attached hydrogens (tertiary/aromatic N) is 5. The van der Waals surface area contributed by atoms with Crippen molar-refractivity contribution < 1.29 is 4.52 Å². The first-order valence-electron chi connectivity index (χ1n) is 9.25. The first-order chi connectivity index (χ1) is 14.0. The lowest BCUT2D eigenvalue weighted by Crippen LogP contribution is -2.00. The number of rotatable bonds is 6. The number of halogens is 1. The second-order valence-electron chi connectivity index (χ2n) is 6.97. The molecule has 6 nitrogen and oxygen atoms in total. The van der Waals surface area contributed by atoms with Gasteiger partial charge in [0.05, 0.1) is 5.75 Å². The molecule has 148 valence electrons. The van der Waals surface area contributed by atoms with Crippen molar-refractivity contribution in [1.82, 2.24) is 24.9 Å². The van der Waals surface area contributed by atoms with Gasteiger partial charge < -0.3 is 4.52 Å². The van der Waals surface area contributed by atoms with Crippen LogP contribution >= 0.6 is 23.4 Å². The molecule has 0 fully saturated rings. The van der Waals surface area contributed by atoms with E-state index in [4.69, 9.17) is 16.1 Å². The standard InChI is InChI=1S/C21H20ClN5OS/c1-13(2)19-23-18(28-26-19)12-29-21-25-24-20(15-6-8-16(22)9-7-15)27(21)17-10-4-14(3)5-11-17/h4-11,13H,12H2,1-3H3. The van der Waals surface area contributed by atoms with Crippen LogP contribution in [0.5, 0.6) is 0 Å². The number of benzene rings is 2. The SMILES string of the molecule is Cc1ccc(-n2c(SCc3nc(C(C)C)no3)nnc2-c2ccc(Cl)cc2)cc1. The Morgan fingerprint density at radius 2 is 1.76 bits per heavy atom. The Labute approximate surface area is 178 Å². The molecule has 0 aliphatic heterocycles. The van der Waals surface area contributed by atoms with E-state index >= 15 is 0 Å². The Hall–Kier alpha value is -2.64. The molecule has 0 unspecified atom stereocenters. The highest BCUT2D eigenvalue weighted by Gasteiger charge is 2.18. The molecular weight excluding hydrogens is 406 g/mol. The maximum atomic E-state index is 6.05. The number of hydrogen-bond acceptors (Lipinski definition) is 6. The highest BCUT2D eigenvalue weighted by Crippen LogP contribution is 2.30. The van der Waals surface area contributed by atoms with Crippen LogP contribution in [-0.2, 0) is 5.75 Å². The van der Waals surface area contributed by atoms with Gasteiger partial charge in [0.2, 0.25) is 5.89 Å². The monoisotopic (exact) mass is 425 g/mol. The predicted octanol–water partition coefficient (Wildman–Crippen LogP) is 5.69. The normalized spacial score (nSPS) is 11.3. The van der Waals surface area contributed by atoms with E-state index < -0.39 is 0 Å². The molecule has 0 amide bonds. The van der Waals surface area contributed by atoms with Crippen molar-refractivity contribution in [2.45, 2.75) is 37.6 Å². The molecule has 29 heavy (non-hydrogen) atoms. The van der Waals surface area contributed by atoms with E-state index in [1.807, 2.05) is 42.7 Å². The summed E-state index contributed by atoms with van der Waals surface area (Å²) in [4.78, 5) is 4.44. The van der Waals surface area contributed by atoms with Crippen LogP contribution in [0.4, 0.5) is 0 Å². The second-order valence-corrected chi connectivity index (χ2v) is 8.35. The number of aromatic nitrogens is 5. The minimum atomic E-state index is 0.227. The second kappa shape index (κ2) is 8.39. The number of hydrogen-bond donors (Lipinski definition) is 0. The number of thioether (sulfide) groups is 1. The van der Waals surface area contributed by atoms with Crippen LogP contribution in [0, 0.1) is 6.92 Å². The third kappa shape index (κ3) is 4.36. The zero-order valence-corrected chi connectivity index (χ0v) is 17.9. The van der Waals surface area contributed by atoms with Crippen molar-refractivity contribution in [3.05, 3.63) is 70.8 Å². The summed E-state index contributed by atoms with van der Waals surface area (Å²) >= 11 is 7.56. The maximum Gasteiger partial charge on any atom is 0.237 e. The van der Waals surface area contributed by atoms with Crippen molar-refractivity contribution in [2.75, 3.05) is 0 Å². The lowest BCUT2D eigenvalue weighted by Gasteiger charge is -2.10. The lowest BCUT2D eigenvalue weighted by atomic mass is 10.2. The summed E-state index contributed by atoms with van der Waals surface area (Å²) in [6.45, 7) is 6.13. The molecule has 0 spiro atoms. The molecule has 4 aromatic rings. The molecule has 0 saturated carbocycles. The quantitative estimate of drug-likeness (QED) is 0.369. The lowest BCUT2D eigenvalue weighted by molar-refractivity contribution is 0.382. The van der Waals surface area contributed by atoms with E-state index in [1.165, 1.54) is 17.3 Å². The highest BCUT2D eigenvalue weighted by atomic mass is 35.5. The van der Waals surface area contributed by atoms with E-state index in [0.717, 1.165) is 22.2 Å². The maximum absolute atomic E-state index is 6.05. The molecule has 8 heteroatoms. The third-order valence-corrected chi connectivity index (χ3v) is 5.52. The zero-order valence-electron chi connectivity index (χ0n) is 16.3. The Morgan fingerprint density at radius 3 is 2.41 bits per heavy atom. The Kier molecular flexibility index (Phi) is 5.69. The predicted molar refractivity (Wildman–Crippen MR) is 114 cm³/mol. The van der Waals surface area contributed by atoms with Gasteiger partial charge in [-0.05, 0) is 43.3 Å². The van der Waals surface area contributed by atoms with Crippen LogP contribution in [0.2, 0.25) is 5.02 Å². The summed E-state index contributed by atoms with van der Waals surface area (Å²) < 4.78 is 7.39. The van der Waals surface area contributed by atoms with E-state index in [9.17, 15) is 0 Å². The van der Waals surface area contributed by atoms with E-state index in [2.05, 4.69) is 51.5 Å². The summed E-state index contributed by atoms with van der Waals surface area (Å²) in [6.07, 6.45) is 0. The molecule has 0 radical (unpaired) electrons. The third-order valence-electron chi connectivity index (χ3n) is 4.35. The molecule has 0 bridgehead atoms. The molecule has 2 aromatic heterocycles. The summed E-state index contributed by atoms with van der Waals surface area (Å²) in [7, 11) is 0. The Balaban J connectivity index is 1.69. The summed E-state index contributed by atoms with van der Waals surface area (Å²) in [5.41, 5.74) is 3.12. The highest BCUT2D eigenvalue weighted by molar-refractivity contribution is 7.98. The molecule has 0 aliphatic carbocycles. The van der Waals surface area contributed by atoms with Gasteiger partial charge in [-0.25, -0.2) is 0 Å². The fourth-order valence-corrected chi connectivity index (χ4v) is 3.68. The summed E-state index contributed by atoms with van der Waals surface area (Å²) in [6, 6.07) is 15.9. The minimum absolute atomic E-state index is 0.227. The van der Waals surface area contributed by atoms with Gasteiger partial charge in [-0.3, -0.25) is 4.57 Å². The topological polar surface area (TPSA) is 69.6 Å². The first-order valence-corrected chi connectivity index (χ1v) is 10.6. The van der Waals surface area contributed by atoms with Crippen molar-refractivity contribution in [3.63, 3.8) is 0 Å². The van der Waals surface area contributed by atoms with Gasteiger partial charge >= 0.3 is 0 Å². The van der Waals surface area contributed by atoms with Crippen LogP contribution in [0.1, 0.15) is 37.0 Å². The van der Waals surface area contributed by atoms with Gasteiger partial charge in [0.15, 0.2) is 16.8 Å². The Morgan fingerprint density at radius 1 is 1.03 bits per heavy atom. The van der Waals surface area contributed by atoms with Gasteiger partial charge in [0.25, 0.3) is 0 Å². The molecule has 2 heterocycles. The summed E-state index contributed by atoms with van der Waals surface area (Å²) in [5.74, 6) is 2.78. The van der Waals surface area contributed by atoms with Crippen molar-refractivity contribution in [2.24, 2.45) is 0 Å². The zero-order chi connectivity index (χ0) is 20.4. The van der Waals surface area contributed by atoms with Crippen molar-refractivity contribution >= 4 is 23.4 Å². The van der Waals surface area contributed by atoms with Gasteiger partial charge in [0.1, 0.15) is 0 Å². The fraction of sp³-hybridized carbons (Fsp3) is 0.238. The van der Waals surface area contributed by atoms with E-state index in [-0.39, 0.29) is 5.92 Å². The van der Waals surface area contributed by atoms with Gasteiger partial charge in [-0.15, -0.1) is 10.2 Å². The van der Waals surface area contributed by atoms with Crippen LogP contribution in [0.25, 0.3) is 17.1 Å². The van der Waals surface area contributed by atoms with Gasteiger partial charge in [-0.2, -0.15) is 4.98 Å². The van der Waals surface area contributed by atoms with E-state index in [0.29, 0.717) is 22.5 Å². The van der Waals surface area contributed by atoms with Crippen molar-refractivity contribution in [1.29, 1.82) is 0 Å².